The molecule has 0 bridgehead atoms. The molecule has 0 radical (unpaired) electrons. The molecule has 8 heteroatoms. The van der Waals surface area contributed by atoms with Crippen LogP contribution >= 0.6 is 11.3 Å². The molecule has 5 rings (SSSR count). The standard InChI is InChI=1S/C21H20N4O3S/c1-11(2)18-17-14(8-15(12-5-6-12)24-21(17)28-25-18)19(26)22-9-13-10-27-20(23-13)16-4-3-7-29-16/h3-4,7-8,10-12H,5-6,9H2,1-2H3,(H,22,26). The molecule has 1 saturated carbocycles. The van der Waals surface area contributed by atoms with Gasteiger partial charge in [-0.25, -0.2) is 9.97 Å². The van der Waals surface area contributed by atoms with Crippen molar-refractivity contribution in [2.75, 3.05) is 0 Å². The van der Waals surface area contributed by atoms with Gasteiger partial charge < -0.3 is 14.3 Å². The molecule has 4 aromatic rings. The van der Waals surface area contributed by atoms with Gasteiger partial charge in [-0.05, 0) is 36.3 Å². The van der Waals surface area contributed by atoms with Crippen molar-refractivity contribution in [2.45, 2.75) is 45.1 Å². The highest BCUT2D eigenvalue weighted by molar-refractivity contribution is 7.13. The van der Waals surface area contributed by atoms with Crippen molar-refractivity contribution < 1.29 is 13.7 Å². The first kappa shape index (κ1) is 18.1. The van der Waals surface area contributed by atoms with Crippen LogP contribution in [0.1, 0.15) is 66.0 Å². The van der Waals surface area contributed by atoms with Crippen molar-refractivity contribution in [2.24, 2.45) is 0 Å². The number of amides is 1. The van der Waals surface area contributed by atoms with E-state index in [1.807, 2.05) is 37.4 Å². The summed E-state index contributed by atoms with van der Waals surface area (Å²) >= 11 is 1.56. The van der Waals surface area contributed by atoms with E-state index < -0.39 is 0 Å². The molecule has 0 spiro atoms. The molecule has 0 atom stereocenters. The first-order valence-corrected chi connectivity index (χ1v) is 10.5. The number of carbonyl (C=O) groups is 1. The predicted molar refractivity (Wildman–Crippen MR) is 109 cm³/mol. The third kappa shape index (κ3) is 3.44. The topological polar surface area (TPSA) is 94.0 Å². The fraction of sp³-hybridized carbons (Fsp3) is 0.333. The number of nitrogens with one attached hydrogen (secondary N) is 1. The summed E-state index contributed by atoms with van der Waals surface area (Å²) in [5, 5.41) is 9.78. The number of oxazole rings is 1. The molecule has 0 aromatic carbocycles. The van der Waals surface area contributed by atoms with E-state index in [0.29, 0.717) is 34.2 Å². The molecule has 1 amide bonds. The summed E-state index contributed by atoms with van der Waals surface area (Å²) < 4.78 is 11.0. The highest BCUT2D eigenvalue weighted by Gasteiger charge is 2.29. The van der Waals surface area contributed by atoms with E-state index in [-0.39, 0.29) is 18.4 Å². The van der Waals surface area contributed by atoms with Crippen molar-refractivity contribution in [3.63, 3.8) is 0 Å². The molecule has 4 aromatic heterocycles. The van der Waals surface area contributed by atoms with E-state index in [1.165, 1.54) is 0 Å². The van der Waals surface area contributed by atoms with E-state index in [0.717, 1.165) is 29.1 Å². The molecule has 7 nitrogen and oxygen atoms in total. The highest BCUT2D eigenvalue weighted by Crippen LogP contribution is 2.41. The minimum Gasteiger partial charge on any atom is -0.443 e. The van der Waals surface area contributed by atoms with E-state index in [2.05, 4.69) is 20.4 Å². The Bertz CT molecular complexity index is 1170. The van der Waals surface area contributed by atoms with Crippen LogP contribution in [-0.4, -0.2) is 21.0 Å². The van der Waals surface area contributed by atoms with Crippen molar-refractivity contribution in [1.29, 1.82) is 0 Å². The van der Waals surface area contributed by atoms with Crippen LogP contribution in [0.4, 0.5) is 0 Å². The Hall–Kier alpha value is -3.00. The number of hydrogen-bond donors (Lipinski definition) is 1. The fourth-order valence-corrected chi connectivity index (χ4v) is 3.98. The molecule has 29 heavy (non-hydrogen) atoms. The van der Waals surface area contributed by atoms with Crippen molar-refractivity contribution in [1.82, 2.24) is 20.4 Å². The molecule has 0 unspecified atom stereocenters. The summed E-state index contributed by atoms with van der Waals surface area (Å²) in [4.78, 5) is 23.1. The molecule has 4 heterocycles. The number of thiophene rings is 1. The number of nitrogens with zero attached hydrogens (tertiary/aromatic N) is 3. The van der Waals surface area contributed by atoms with Gasteiger partial charge >= 0.3 is 0 Å². The molecular weight excluding hydrogens is 388 g/mol. The summed E-state index contributed by atoms with van der Waals surface area (Å²) in [5.74, 6) is 0.903. The smallest absolute Gasteiger partial charge is 0.259 e. The number of carbonyl (C=O) groups excluding carboxylic acids is 1. The summed E-state index contributed by atoms with van der Waals surface area (Å²) in [6.45, 7) is 4.32. The number of fused-ring (bicyclic) bond motifs is 1. The lowest BCUT2D eigenvalue weighted by Gasteiger charge is -2.08. The van der Waals surface area contributed by atoms with E-state index in [4.69, 9.17) is 8.94 Å². The lowest BCUT2D eigenvalue weighted by atomic mass is 10.0. The van der Waals surface area contributed by atoms with Crippen LogP contribution in [0.5, 0.6) is 0 Å². The normalized spacial score (nSPS) is 14.0. The van der Waals surface area contributed by atoms with Crippen LogP contribution in [0.25, 0.3) is 21.9 Å². The molecular formula is C21H20N4O3S. The Morgan fingerprint density at radius 1 is 1.34 bits per heavy atom. The van der Waals surface area contributed by atoms with Gasteiger partial charge in [0.05, 0.1) is 33.8 Å². The van der Waals surface area contributed by atoms with Gasteiger partial charge in [0, 0.05) is 11.6 Å². The summed E-state index contributed by atoms with van der Waals surface area (Å²) in [6, 6.07) is 5.78. The Morgan fingerprint density at radius 2 is 2.21 bits per heavy atom. The van der Waals surface area contributed by atoms with E-state index >= 15 is 0 Å². The fourth-order valence-electron chi connectivity index (χ4n) is 3.32. The molecule has 1 aliphatic carbocycles. The van der Waals surface area contributed by atoms with Crippen LogP contribution in [0.15, 0.2) is 38.8 Å². The molecule has 1 fully saturated rings. The third-order valence-electron chi connectivity index (χ3n) is 4.99. The lowest BCUT2D eigenvalue weighted by Crippen LogP contribution is -2.23. The van der Waals surface area contributed by atoms with Gasteiger partial charge in [-0.3, -0.25) is 4.79 Å². The van der Waals surface area contributed by atoms with Gasteiger partial charge in [0.1, 0.15) is 6.26 Å². The van der Waals surface area contributed by atoms with Crippen LogP contribution in [0, 0.1) is 0 Å². The Balaban J connectivity index is 1.42. The van der Waals surface area contributed by atoms with Crippen molar-refractivity contribution >= 4 is 28.3 Å². The maximum Gasteiger partial charge on any atom is 0.259 e. The van der Waals surface area contributed by atoms with Crippen molar-refractivity contribution in [3.05, 3.63) is 52.5 Å². The second kappa shape index (κ2) is 7.11. The minimum absolute atomic E-state index is 0.125. The zero-order chi connectivity index (χ0) is 20.0. The number of pyridine rings is 1. The first-order valence-electron chi connectivity index (χ1n) is 9.67. The quantitative estimate of drug-likeness (QED) is 0.489. The average molecular weight is 408 g/mol. The lowest BCUT2D eigenvalue weighted by molar-refractivity contribution is 0.0952. The van der Waals surface area contributed by atoms with Crippen LogP contribution in [-0.2, 0) is 6.54 Å². The predicted octanol–water partition coefficient (Wildman–Crippen LogP) is 4.87. The molecule has 0 aliphatic heterocycles. The summed E-state index contributed by atoms with van der Waals surface area (Å²) in [5.41, 5.74) is 3.31. The second-order valence-corrected chi connectivity index (χ2v) is 8.52. The number of hydrogen-bond acceptors (Lipinski definition) is 7. The van der Waals surface area contributed by atoms with Crippen LogP contribution < -0.4 is 5.32 Å². The Kier molecular flexibility index (Phi) is 4.43. The third-order valence-corrected chi connectivity index (χ3v) is 5.85. The highest BCUT2D eigenvalue weighted by atomic mass is 32.1. The Morgan fingerprint density at radius 3 is 2.93 bits per heavy atom. The maximum atomic E-state index is 13.1. The minimum atomic E-state index is -0.190. The van der Waals surface area contributed by atoms with Gasteiger partial charge in [-0.1, -0.05) is 25.1 Å². The number of rotatable bonds is 6. The van der Waals surface area contributed by atoms with Gasteiger partial charge in [-0.15, -0.1) is 11.3 Å². The second-order valence-electron chi connectivity index (χ2n) is 7.58. The SMILES string of the molecule is CC(C)c1noc2nc(C3CC3)cc(C(=O)NCc3coc(-c4cccs4)n3)c12. The zero-order valence-electron chi connectivity index (χ0n) is 16.1. The zero-order valence-corrected chi connectivity index (χ0v) is 17.0. The largest absolute Gasteiger partial charge is 0.443 e. The summed E-state index contributed by atoms with van der Waals surface area (Å²) in [6.07, 6.45) is 3.76. The first-order chi connectivity index (χ1) is 14.1. The molecule has 0 saturated heterocycles. The molecule has 1 aliphatic rings. The monoisotopic (exact) mass is 408 g/mol. The number of aromatic nitrogens is 3. The van der Waals surface area contributed by atoms with Crippen LogP contribution in [0.2, 0.25) is 0 Å². The Labute approximate surface area is 171 Å². The molecule has 148 valence electrons. The van der Waals surface area contributed by atoms with E-state index in [9.17, 15) is 4.79 Å². The average Bonchev–Trinajstić information content (AvgIpc) is 3.13. The van der Waals surface area contributed by atoms with Gasteiger partial charge in [0.25, 0.3) is 11.6 Å². The van der Waals surface area contributed by atoms with Gasteiger partial charge in [0.15, 0.2) is 0 Å². The maximum absolute atomic E-state index is 13.1. The van der Waals surface area contributed by atoms with Gasteiger partial charge in [0.2, 0.25) is 5.89 Å². The van der Waals surface area contributed by atoms with E-state index in [1.54, 1.807) is 17.6 Å². The van der Waals surface area contributed by atoms with Gasteiger partial charge in [-0.2, -0.15) is 0 Å². The summed E-state index contributed by atoms with van der Waals surface area (Å²) in [7, 11) is 0. The van der Waals surface area contributed by atoms with Crippen molar-refractivity contribution in [3.8, 4) is 10.8 Å². The van der Waals surface area contributed by atoms with Crippen LogP contribution in [0.3, 0.4) is 0 Å². The molecule has 1 N–H and O–H groups in total.